The number of hydrogen-bond donors (Lipinski definition) is 0. The Bertz CT molecular complexity index is 1320. The highest BCUT2D eigenvalue weighted by atomic mass is 35.5. The second kappa shape index (κ2) is 12.8. The van der Waals surface area contributed by atoms with E-state index in [2.05, 4.69) is 9.97 Å². The van der Waals surface area contributed by atoms with E-state index in [1.54, 1.807) is 16.7 Å². The van der Waals surface area contributed by atoms with E-state index in [1.165, 1.54) is 7.11 Å². The van der Waals surface area contributed by atoms with E-state index in [9.17, 15) is 14.4 Å². The molecule has 204 valence electrons. The number of aryl methyl sites for hydroxylation is 1. The van der Waals surface area contributed by atoms with Gasteiger partial charge in [0.05, 0.1) is 12.3 Å². The van der Waals surface area contributed by atoms with Crippen LogP contribution in [0.25, 0.3) is 11.4 Å². The van der Waals surface area contributed by atoms with Crippen molar-refractivity contribution in [2.75, 3.05) is 40.0 Å². The van der Waals surface area contributed by atoms with Crippen LogP contribution in [0.4, 0.5) is 0 Å². The van der Waals surface area contributed by atoms with E-state index in [4.69, 9.17) is 21.1 Å². The SMILES string of the molecule is COCCOC(=O)c1c(C)nc(-c2ccccc2)nc1C(=O)N1CCN(C(=O)C(Cl)c2ccccc2)C(C)C1. The van der Waals surface area contributed by atoms with Crippen LogP contribution in [-0.2, 0) is 14.3 Å². The molecule has 10 heteroatoms. The minimum Gasteiger partial charge on any atom is -0.460 e. The van der Waals surface area contributed by atoms with Crippen molar-refractivity contribution in [3.63, 3.8) is 0 Å². The number of benzene rings is 2. The average Bonchev–Trinajstić information content (AvgIpc) is 2.96. The summed E-state index contributed by atoms with van der Waals surface area (Å²) >= 11 is 6.50. The molecule has 0 spiro atoms. The molecule has 4 rings (SSSR count). The molecule has 2 aromatic carbocycles. The van der Waals surface area contributed by atoms with Gasteiger partial charge in [0.2, 0.25) is 5.91 Å². The first-order chi connectivity index (χ1) is 18.8. The molecule has 3 aromatic rings. The second-order valence-corrected chi connectivity index (χ2v) is 9.69. The summed E-state index contributed by atoms with van der Waals surface area (Å²) in [6.07, 6.45) is 0. The summed E-state index contributed by atoms with van der Waals surface area (Å²) in [6.45, 7) is 4.58. The third-order valence-electron chi connectivity index (χ3n) is 6.56. The normalized spacial score (nSPS) is 16.1. The predicted octanol–water partition coefficient (Wildman–Crippen LogP) is 3.91. The molecule has 0 radical (unpaired) electrons. The van der Waals surface area contributed by atoms with Crippen LogP contribution in [-0.4, -0.2) is 83.6 Å². The minimum atomic E-state index is -0.817. The Morgan fingerprint density at radius 3 is 2.31 bits per heavy atom. The number of nitrogens with zero attached hydrogens (tertiary/aromatic N) is 4. The number of carbonyl (C=O) groups is 3. The van der Waals surface area contributed by atoms with Crippen molar-refractivity contribution in [1.82, 2.24) is 19.8 Å². The van der Waals surface area contributed by atoms with Gasteiger partial charge in [-0.2, -0.15) is 0 Å². The molecule has 1 saturated heterocycles. The zero-order chi connectivity index (χ0) is 27.9. The molecular formula is C29H31ClN4O5. The van der Waals surface area contributed by atoms with Gasteiger partial charge >= 0.3 is 5.97 Å². The highest BCUT2D eigenvalue weighted by Gasteiger charge is 2.36. The van der Waals surface area contributed by atoms with Crippen molar-refractivity contribution in [3.05, 3.63) is 83.2 Å². The first-order valence-electron chi connectivity index (χ1n) is 12.7. The van der Waals surface area contributed by atoms with Gasteiger partial charge in [0.1, 0.15) is 23.2 Å². The van der Waals surface area contributed by atoms with Crippen LogP contribution >= 0.6 is 11.6 Å². The van der Waals surface area contributed by atoms with Gasteiger partial charge in [-0.15, -0.1) is 11.6 Å². The van der Waals surface area contributed by atoms with E-state index in [-0.39, 0.29) is 49.5 Å². The molecular weight excluding hydrogens is 520 g/mol. The standard InChI is InChI=1S/C29H31ClN4O5/c1-19-18-33(14-15-34(19)27(35)24(30)21-10-6-4-7-11-21)28(36)25-23(29(37)39-17-16-38-3)20(2)31-26(32-25)22-12-8-5-9-13-22/h4-13,19,24H,14-18H2,1-3H3. The minimum absolute atomic E-state index is 0.0202. The van der Waals surface area contributed by atoms with E-state index in [0.29, 0.717) is 23.6 Å². The number of methoxy groups -OCH3 is 1. The Morgan fingerprint density at radius 2 is 1.67 bits per heavy atom. The van der Waals surface area contributed by atoms with Gasteiger partial charge in [-0.3, -0.25) is 9.59 Å². The third-order valence-corrected chi connectivity index (χ3v) is 6.99. The van der Waals surface area contributed by atoms with Gasteiger partial charge in [-0.1, -0.05) is 60.7 Å². The van der Waals surface area contributed by atoms with Crippen molar-refractivity contribution >= 4 is 29.4 Å². The number of rotatable bonds is 8. The van der Waals surface area contributed by atoms with E-state index in [1.807, 2.05) is 67.6 Å². The fourth-order valence-electron chi connectivity index (χ4n) is 4.51. The highest BCUT2D eigenvalue weighted by molar-refractivity contribution is 6.30. The Hall–Kier alpha value is -3.82. The summed E-state index contributed by atoms with van der Waals surface area (Å²) in [4.78, 5) is 52.4. The maximum atomic E-state index is 13.8. The lowest BCUT2D eigenvalue weighted by Crippen LogP contribution is -2.56. The second-order valence-electron chi connectivity index (χ2n) is 9.26. The van der Waals surface area contributed by atoms with Crippen LogP contribution in [0, 0.1) is 6.92 Å². The molecule has 9 nitrogen and oxygen atoms in total. The van der Waals surface area contributed by atoms with Gasteiger partial charge in [0.25, 0.3) is 5.91 Å². The van der Waals surface area contributed by atoms with Gasteiger partial charge < -0.3 is 19.3 Å². The van der Waals surface area contributed by atoms with Crippen LogP contribution in [0.3, 0.4) is 0 Å². The van der Waals surface area contributed by atoms with Crippen LogP contribution in [0.15, 0.2) is 60.7 Å². The fourth-order valence-corrected chi connectivity index (χ4v) is 4.78. The molecule has 39 heavy (non-hydrogen) atoms. The quantitative estimate of drug-likeness (QED) is 0.238. The molecule has 0 aliphatic carbocycles. The number of esters is 1. The molecule has 1 fully saturated rings. The topological polar surface area (TPSA) is 102 Å². The molecule has 1 aliphatic heterocycles. The van der Waals surface area contributed by atoms with Crippen LogP contribution in [0.5, 0.6) is 0 Å². The molecule has 2 atom stereocenters. The van der Waals surface area contributed by atoms with Crippen molar-refractivity contribution in [2.24, 2.45) is 0 Å². The van der Waals surface area contributed by atoms with Crippen LogP contribution < -0.4 is 0 Å². The summed E-state index contributed by atoms with van der Waals surface area (Å²) in [7, 11) is 1.50. The van der Waals surface area contributed by atoms with Crippen molar-refractivity contribution < 1.29 is 23.9 Å². The number of ether oxygens (including phenoxy) is 2. The number of halogens is 1. The molecule has 2 unspecified atom stereocenters. The lowest BCUT2D eigenvalue weighted by molar-refractivity contribution is -0.135. The average molecular weight is 551 g/mol. The van der Waals surface area contributed by atoms with E-state index >= 15 is 0 Å². The van der Waals surface area contributed by atoms with Crippen molar-refractivity contribution in [3.8, 4) is 11.4 Å². The zero-order valence-electron chi connectivity index (χ0n) is 22.2. The number of aromatic nitrogens is 2. The number of piperazine rings is 1. The van der Waals surface area contributed by atoms with Gasteiger partial charge in [-0.05, 0) is 19.4 Å². The smallest absolute Gasteiger partial charge is 0.342 e. The summed E-state index contributed by atoms with van der Waals surface area (Å²) in [5.74, 6) is -1.00. The number of hydrogen-bond acceptors (Lipinski definition) is 7. The first-order valence-corrected chi connectivity index (χ1v) is 13.1. The summed E-state index contributed by atoms with van der Waals surface area (Å²) in [6, 6.07) is 18.1. The Labute approximate surface area is 232 Å². The Balaban J connectivity index is 1.59. The molecule has 0 N–H and O–H groups in total. The number of amides is 2. The molecule has 1 aliphatic rings. The van der Waals surface area contributed by atoms with Gasteiger partial charge in [-0.25, -0.2) is 14.8 Å². The zero-order valence-corrected chi connectivity index (χ0v) is 22.9. The molecule has 2 amide bonds. The molecule has 1 aromatic heterocycles. The van der Waals surface area contributed by atoms with Crippen molar-refractivity contribution in [2.45, 2.75) is 25.3 Å². The largest absolute Gasteiger partial charge is 0.460 e. The summed E-state index contributed by atoms with van der Waals surface area (Å²) in [5.41, 5.74) is 1.76. The number of carbonyl (C=O) groups excluding carboxylic acids is 3. The summed E-state index contributed by atoms with van der Waals surface area (Å²) < 4.78 is 10.3. The Morgan fingerprint density at radius 1 is 1.00 bits per heavy atom. The van der Waals surface area contributed by atoms with Crippen LogP contribution in [0.2, 0.25) is 0 Å². The van der Waals surface area contributed by atoms with Crippen LogP contribution in [0.1, 0.15) is 44.4 Å². The summed E-state index contributed by atoms with van der Waals surface area (Å²) in [5, 5.41) is -0.817. The lowest BCUT2D eigenvalue weighted by Gasteiger charge is -2.40. The fraction of sp³-hybridized carbons (Fsp3) is 0.345. The van der Waals surface area contributed by atoms with E-state index < -0.39 is 17.3 Å². The third kappa shape index (κ3) is 6.43. The molecule has 0 saturated carbocycles. The maximum Gasteiger partial charge on any atom is 0.342 e. The molecule has 0 bridgehead atoms. The van der Waals surface area contributed by atoms with Gasteiger partial charge in [0, 0.05) is 38.3 Å². The number of alkyl halides is 1. The highest BCUT2D eigenvalue weighted by Crippen LogP contribution is 2.26. The first kappa shape index (κ1) is 28.2. The maximum absolute atomic E-state index is 13.8. The predicted molar refractivity (Wildman–Crippen MR) is 146 cm³/mol. The Kier molecular flexibility index (Phi) is 9.27. The lowest BCUT2D eigenvalue weighted by atomic mass is 10.1. The monoisotopic (exact) mass is 550 g/mol. The molecule has 2 heterocycles. The van der Waals surface area contributed by atoms with Gasteiger partial charge in [0.15, 0.2) is 5.82 Å². The van der Waals surface area contributed by atoms with Crippen molar-refractivity contribution in [1.29, 1.82) is 0 Å². The van der Waals surface area contributed by atoms with E-state index in [0.717, 1.165) is 5.56 Å².